The van der Waals surface area contributed by atoms with Crippen LogP contribution in [0.2, 0.25) is 0 Å². The van der Waals surface area contributed by atoms with E-state index in [9.17, 15) is 0 Å². The van der Waals surface area contributed by atoms with Crippen molar-refractivity contribution in [3.8, 4) is 0 Å². The lowest BCUT2D eigenvalue weighted by molar-refractivity contribution is 0.772. The summed E-state index contributed by atoms with van der Waals surface area (Å²) in [5.41, 5.74) is 3.65. The molecular formula is C19H36. The molecule has 112 valence electrons. The van der Waals surface area contributed by atoms with Crippen LogP contribution in [0.5, 0.6) is 0 Å². The van der Waals surface area contributed by atoms with E-state index in [1.165, 1.54) is 30.4 Å². The van der Waals surface area contributed by atoms with E-state index >= 15 is 0 Å². The van der Waals surface area contributed by atoms with E-state index in [0.717, 1.165) is 5.57 Å². The third kappa shape index (κ3) is 19.5. The minimum absolute atomic E-state index is 1.08. The van der Waals surface area contributed by atoms with Gasteiger partial charge in [0.2, 0.25) is 0 Å². The lowest BCUT2D eigenvalue weighted by Crippen LogP contribution is -1.79. The average molecular weight is 264 g/mol. The van der Waals surface area contributed by atoms with Crippen LogP contribution in [-0.2, 0) is 0 Å². The van der Waals surface area contributed by atoms with Gasteiger partial charge in [0.1, 0.15) is 0 Å². The summed E-state index contributed by atoms with van der Waals surface area (Å²) in [4.78, 5) is 0. The van der Waals surface area contributed by atoms with Gasteiger partial charge in [0.25, 0.3) is 0 Å². The maximum absolute atomic E-state index is 3.81. The summed E-state index contributed by atoms with van der Waals surface area (Å²) in [7, 11) is 0. The van der Waals surface area contributed by atoms with Crippen LogP contribution in [0.3, 0.4) is 0 Å². The third-order valence-corrected chi connectivity index (χ3v) is 2.45. The number of hydrogen-bond acceptors (Lipinski definition) is 0. The molecule has 0 bridgehead atoms. The predicted molar refractivity (Wildman–Crippen MR) is 93.7 cm³/mol. The van der Waals surface area contributed by atoms with Gasteiger partial charge in [-0.1, -0.05) is 83.4 Å². The number of unbranched alkanes of at least 4 members (excludes halogenated alkanes) is 2. The van der Waals surface area contributed by atoms with Crippen LogP contribution in [0.15, 0.2) is 47.6 Å². The fraction of sp³-hybridized carbons (Fsp3) is 0.579. The summed E-state index contributed by atoms with van der Waals surface area (Å²) in [5, 5.41) is 0. The van der Waals surface area contributed by atoms with Gasteiger partial charge in [0.15, 0.2) is 0 Å². The molecule has 0 saturated heterocycles. The molecule has 19 heavy (non-hydrogen) atoms. The van der Waals surface area contributed by atoms with Gasteiger partial charge in [-0.3, -0.25) is 0 Å². The van der Waals surface area contributed by atoms with E-state index in [1.807, 2.05) is 40.7 Å². The summed E-state index contributed by atoms with van der Waals surface area (Å²) in [6.45, 7) is 20.4. The molecule has 0 nitrogen and oxygen atoms in total. The largest absolute Gasteiger partial charge is 0.0961 e. The number of hydrogen-bond donors (Lipinski definition) is 0. The van der Waals surface area contributed by atoms with Gasteiger partial charge < -0.3 is 0 Å². The molecule has 0 N–H and O–H groups in total. The van der Waals surface area contributed by atoms with Gasteiger partial charge in [0, 0.05) is 0 Å². The van der Waals surface area contributed by atoms with E-state index < -0.39 is 0 Å². The Labute approximate surface area is 123 Å². The molecule has 0 aliphatic heterocycles. The average Bonchev–Trinajstić information content (AvgIpc) is 2.42. The molecule has 0 heteroatoms. The smallest absolute Gasteiger partial charge is 0.0273 e. The van der Waals surface area contributed by atoms with Crippen molar-refractivity contribution in [3.05, 3.63) is 47.6 Å². The van der Waals surface area contributed by atoms with Crippen LogP contribution in [0.4, 0.5) is 0 Å². The molecule has 0 fully saturated rings. The molecule has 0 unspecified atom stereocenters. The zero-order chi connectivity index (χ0) is 15.7. The van der Waals surface area contributed by atoms with Crippen molar-refractivity contribution in [1.29, 1.82) is 0 Å². The maximum atomic E-state index is 3.81. The predicted octanol–water partition coefficient (Wildman–Crippen LogP) is 7.25. The number of rotatable bonds is 5. The second-order valence-electron chi connectivity index (χ2n) is 4.25. The zero-order valence-electron chi connectivity index (χ0n) is 14.6. The van der Waals surface area contributed by atoms with Crippen LogP contribution < -0.4 is 0 Å². The Morgan fingerprint density at radius 2 is 1.37 bits per heavy atom. The lowest BCUT2D eigenvalue weighted by Gasteiger charge is -1.99. The minimum Gasteiger partial charge on any atom is -0.0961 e. The SMILES string of the molecule is C=C(C)\C=C/C(=C\C)C(/C)=C/C.CC.CCCCC. The molecule has 0 aliphatic rings. The summed E-state index contributed by atoms with van der Waals surface area (Å²) >= 11 is 0. The van der Waals surface area contributed by atoms with E-state index in [4.69, 9.17) is 0 Å². The highest BCUT2D eigenvalue weighted by Gasteiger charge is 1.90. The van der Waals surface area contributed by atoms with Gasteiger partial charge in [-0.05, 0) is 38.8 Å². The summed E-state index contributed by atoms with van der Waals surface area (Å²) in [5.74, 6) is 0. The second-order valence-corrected chi connectivity index (χ2v) is 4.25. The van der Waals surface area contributed by atoms with Crippen molar-refractivity contribution < 1.29 is 0 Å². The van der Waals surface area contributed by atoms with Crippen molar-refractivity contribution in [1.82, 2.24) is 0 Å². The molecule has 0 radical (unpaired) electrons. The molecule has 0 amide bonds. The third-order valence-electron chi connectivity index (χ3n) is 2.45. The van der Waals surface area contributed by atoms with E-state index in [0.29, 0.717) is 0 Å². The molecule has 0 aromatic heterocycles. The second kappa shape index (κ2) is 19.3. The Morgan fingerprint density at radius 3 is 1.58 bits per heavy atom. The summed E-state index contributed by atoms with van der Waals surface area (Å²) in [6.07, 6.45) is 12.4. The van der Waals surface area contributed by atoms with Gasteiger partial charge in [-0.15, -0.1) is 0 Å². The molecule has 0 atom stereocenters. The van der Waals surface area contributed by atoms with E-state index in [2.05, 4.69) is 45.6 Å². The number of allylic oxidation sites excluding steroid dienone is 7. The van der Waals surface area contributed by atoms with Gasteiger partial charge in [-0.25, -0.2) is 0 Å². The first-order valence-electron chi connectivity index (χ1n) is 7.66. The Bertz CT molecular complexity index is 272. The molecule has 0 aromatic carbocycles. The Hall–Kier alpha value is -1.04. The lowest BCUT2D eigenvalue weighted by atomic mass is 10.1. The highest BCUT2D eigenvalue weighted by molar-refractivity contribution is 5.39. The van der Waals surface area contributed by atoms with Crippen LogP contribution in [-0.4, -0.2) is 0 Å². The maximum Gasteiger partial charge on any atom is -0.0273 e. The Kier molecular flexibility index (Phi) is 23.5. The molecule has 0 rings (SSSR count). The van der Waals surface area contributed by atoms with E-state index in [-0.39, 0.29) is 0 Å². The van der Waals surface area contributed by atoms with Crippen molar-refractivity contribution >= 4 is 0 Å². The topological polar surface area (TPSA) is 0 Å². The highest BCUT2D eigenvalue weighted by atomic mass is 14.0. The molecule has 0 spiro atoms. The molecule has 0 aliphatic carbocycles. The first-order valence-corrected chi connectivity index (χ1v) is 7.66. The van der Waals surface area contributed by atoms with Crippen molar-refractivity contribution in [2.45, 2.75) is 74.7 Å². The quantitative estimate of drug-likeness (QED) is 0.458. The summed E-state index contributed by atoms with van der Waals surface area (Å²) < 4.78 is 0. The monoisotopic (exact) mass is 264 g/mol. The van der Waals surface area contributed by atoms with Crippen molar-refractivity contribution in [3.63, 3.8) is 0 Å². The molecular weight excluding hydrogens is 228 g/mol. The standard InChI is InChI=1S/C12H18.C5H12.C2H6/c1-6-11(5)12(7-2)9-8-10(3)4;1-3-5-4-2;1-2/h6-9H,3H2,1-2,4-5H3;3-5H2,1-2H3;1-2H3/b9-8-,11-6+,12-7+;;. The van der Waals surface area contributed by atoms with Gasteiger partial charge in [0.05, 0.1) is 0 Å². The first-order chi connectivity index (χ1) is 9.03. The highest BCUT2D eigenvalue weighted by Crippen LogP contribution is 2.11. The Balaban J connectivity index is -0.000000307. The van der Waals surface area contributed by atoms with Gasteiger partial charge in [-0.2, -0.15) is 0 Å². The van der Waals surface area contributed by atoms with Crippen LogP contribution in [0.1, 0.15) is 74.7 Å². The van der Waals surface area contributed by atoms with Crippen LogP contribution in [0.25, 0.3) is 0 Å². The molecule has 0 aromatic rings. The van der Waals surface area contributed by atoms with Crippen LogP contribution in [0, 0.1) is 0 Å². The fourth-order valence-electron chi connectivity index (χ4n) is 1.21. The first kappa shape index (κ1) is 23.1. The molecule has 0 heterocycles. The normalized spacial score (nSPS) is 11.4. The molecule has 0 saturated carbocycles. The van der Waals surface area contributed by atoms with Gasteiger partial charge >= 0.3 is 0 Å². The fourth-order valence-corrected chi connectivity index (χ4v) is 1.21. The van der Waals surface area contributed by atoms with Crippen LogP contribution >= 0.6 is 0 Å². The summed E-state index contributed by atoms with van der Waals surface area (Å²) in [6, 6.07) is 0. The zero-order valence-corrected chi connectivity index (χ0v) is 14.6. The minimum atomic E-state index is 1.08. The Morgan fingerprint density at radius 1 is 0.895 bits per heavy atom. The van der Waals surface area contributed by atoms with Crippen molar-refractivity contribution in [2.24, 2.45) is 0 Å². The van der Waals surface area contributed by atoms with Crippen molar-refractivity contribution in [2.75, 3.05) is 0 Å². The van der Waals surface area contributed by atoms with E-state index in [1.54, 1.807) is 0 Å².